The lowest BCUT2D eigenvalue weighted by Gasteiger charge is -2.26. The number of hydrogen-bond acceptors (Lipinski definition) is 3. The van der Waals surface area contributed by atoms with Gasteiger partial charge >= 0.3 is 0 Å². The van der Waals surface area contributed by atoms with Gasteiger partial charge in [0.25, 0.3) is 0 Å². The van der Waals surface area contributed by atoms with E-state index < -0.39 is 0 Å². The Balaban J connectivity index is 3.82. The number of nitrogens with one attached hydrogen (secondary N) is 1. The first-order valence-electron chi connectivity index (χ1n) is 5.46. The third-order valence-corrected chi connectivity index (χ3v) is 2.84. The molecule has 0 bridgehead atoms. The highest BCUT2D eigenvalue weighted by atomic mass is 15.1. The molecule has 0 aromatic carbocycles. The van der Waals surface area contributed by atoms with E-state index in [0.717, 1.165) is 13.0 Å². The molecule has 1 N–H and O–H groups in total. The molecule has 3 heteroatoms. The summed E-state index contributed by atoms with van der Waals surface area (Å²) in [5.41, 5.74) is 0. The van der Waals surface area contributed by atoms with Crippen LogP contribution in [0, 0.1) is 11.3 Å². The quantitative estimate of drug-likeness (QED) is 0.674. The van der Waals surface area contributed by atoms with Gasteiger partial charge in [0.2, 0.25) is 0 Å². The van der Waals surface area contributed by atoms with Crippen molar-refractivity contribution in [3.8, 4) is 6.07 Å². The predicted octanol–water partition coefficient (Wildman–Crippen LogP) is 1.61. The van der Waals surface area contributed by atoms with Gasteiger partial charge in [-0.05, 0) is 33.4 Å². The van der Waals surface area contributed by atoms with Crippen molar-refractivity contribution in [1.82, 2.24) is 10.2 Å². The number of nitrogens with zero attached hydrogens (tertiary/aromatic N) is 2. The molecule has 0 aliphatic rings. The van der Waals surface area contributed by atoms with Gasteiger partial charge < -0.3 is 10.2 Å². The number of nitriles is 1. The van der Waals surface area contributed by atoms with Crippen LogP contribution in [0.3, 0.4) is 0 Å². The van der Waals surface area contributed by atoms with Crippen molar-refractivity contribution in [2.45, 2.75) is 45.2 Å². The largest absolute Gasteiger partial charge is 0.305 e. The summed E-state index contributed by atoms with van der Waals surface area (Å²) < 4.78 is 0. The smallest absolute Gasteiger partial charge is 0.0962 e. The maximum absolute atomic E-state index is 8.76. The van der Waals surface area contributed by atoms with Gasteiger partial charge in [-0.15, -0.1) is 0 Å². The topological polar surface area (TPSA) is 39.1 Å². The molecule has 14 heavy (non-hydrogen) atoms. The van der Waals surface area contributed by atoms with Gasteiger partial charge in [-0.1, -0.05) is 13.8 Å². The van der Waals surface area contributed by atoms with Crippen molar-refractivity contribution in [2.75, 3.05) is 20.6 Å². The van der Waals surface area contributed by atoms with Crippen LogP contribution in [0.5, 0.6) is 0 Å². The summed E-state index contributed by atoms with van der Waals surface area (Å²) >= 11 is 0. The van der Waals surface area contributed by atoms with Gasteiger partial charge in [0.05, 0.1) is 12.1 Å². The second kappa shape index (κ2) is 7.78. The van der Waals surface area contributed by atoms with E-state index in [1.54, 1.807) is 0 Å². The Morgan fingerprint density at radius 1 is 1.36 bits per heavy atom. The lowest BCUT2D eigenvalue weighted by atomic mass is 10.1. The van der Waals surface area contributed by atoms with E-state index in [-0.39, 0.29) is 6.04 Å². The normalized spacial score (nSPS) is 13.2. The SMILES string of the molecule is CCC(CC)N(C)CCC(C#N)NC. The average Bonchev–Trinajstić information content (AvgIpc) is 2.21. The molecule has 0 rings (SSSR count). The van der Waals surface area contributed by atoms with Crippen LogP contribution >= 0.6 is 0 Å². The molecule has 0 saturated heterocycles. The summed E-state index contributed by atoms with van der Waals surface area (Å²) in [5, 5.41) is 11.8. The minimum atomic E-state index is -0.00758. The fourth-order valence-electron chi connectivity index (χ4n) is 1.70. The Labute approximate surface area is 88.1 Å². The van der Waals surface area contributed by atoms with E-state index in [1.807, 2.05) is 7.05 Å². The highest BCUT2D eigenvalue weighted by Crippen LogP contribution is 2.06. The maximum atomic E-state index is 8.76. The third kappa shape index (κ3) is 4.59. The van der Waals surface area contributed by atoms with Crippen molar-refractivity contribution >= 4 is 0 Å². The summed E-state index contributed by atoms with van der Waals surface area (Å²) in [5.74, 6) is 0. The molecule has 0 aliphatic heterocycles. The minimum Gasteiger partial charge on any atom is -0.305 e. The predicted molar refractivity (Wildman–Crippen MR) is 60.1 cm³/mol. The van der Waals surface area contributed by atoms with Crippen LogP contribution in [-0.2, 0) is 0 Å². The van der Waals surface area contributed by atoms with Crippen LogP contribution in [0.4, 0.5) is 0 Å². The molecule has 0 radical (unpaired) electrons. The lowest BCUT2D eigenvalue weighted by molar-refractivity contribution is 0.223. The van der Waals surface area contributed by atoms with Crippen LogP contribution in [0.1, 0.15) is 33.1 Å². The van der Waals surface area contributed by atoms with Crippen LogP contribution in [0.2, 0.25) is 0 Å². The van der Waals surface area contributed by atoms with Crippen molar-refractivity contribution in [1.29, 1.82) is 5.26 Å². The van der Waals surface area contributed by atoms with Crippen LogP contribution < -0.4 is 5.32 Å². The fourth-order valence-corrected chi connectivity index (χ4v) is 1.70. The molecule has 3 nitrogen and oxygen atoms in total. The molecular formula is C11H23N3. The lowest BCUT2D eigenvalue weighted by Crippen LogP contribution is -2.35. The Morgan fingerprint density at radius 3 is 2.29 bits per heavy atom. The van der Waals surface area contributed by atoms with E-state index >= 15 is 0 Å². The Morgan fingerprint density at radius 2 is 1.93 bits per heavy atom. The molecule has 1 atom stereocenters. The minimum absolute atomic E-state index is 0.00758. The highest BCUT2D eigenvalue weighted by Gasteiger charge is 2.12. The Bertz CT molecular complexity index is 170. The molecule has 0 spiro atoms. The second-order valence-electron chi connectivity index (χ2n) is 3.71. The zero-order valence-corrected chi connectivity index (χ0v) is 9.88. The van der Waals surface area contributed by atoms with E-state index in [4.69, 9.17) is 5.26 Å². The molecule has 1 unspecified atom stereocenters. The van der Waals surface area contributed by atoms with Crippen molar-refractivity contribution in [3.05, 3.63) is 0 Å². The third-order valence-electron chi connectivity index (χ3n) is 2.84. The molecule has 0 heterocycles. The first-order chi connectivity index (χ1) is 6.69. The van der Waals surface area contributed by atoms with Crippen LogP contribution in [-0.4, -0.2) is 37.6 Å². The fraction of sp³-hybridized carbons (Fsp3) is 0.909. The van der Waals surface area contributed by atoms with E-state index in [0.29, 0.717) is 6.04 Å². The molecule has 82 valence electrons. The maximum Gasteiger partial charge on any atom is 0.0962 e. The van der Waals surface area contributed by atoms with Gasteiger partial charge in [0.1, 0.15) is 0 Å². The van der Waals surface area contributed by atoms with Gasteiger partial charge in [-0.25, -0.2) is 0 Å². The van der Waals surface area contributed by atoms with E-state index in [9.17, 15) is 0 Å². The van der Waals surface area contributed by atoms with Crippen molar-refractivity contribution in [3.63, 3.8) is 0 Å². The van der Waals surface area contributed by atoms with E-state index in [1.165, 1.54) is 12.8 Å². The molecular weight excluding hydrogens is 174 g/mol. The zero-order valence-electron chi connectivity index (χ0n) is 9.88. The molecule has 0 fully saturated rings. The van der Waals surface area contributed by atoms with Gasteiger partial charge in [-0.3, -0.25) is 0 Å². The Hall–Kier alpha value is -0.590. The molecule has 0 aromatic rings. The average molecular weight is 197 g/mol. The van der Waals surface area contributed by atoms with Gasteiger partial charge in [-0.2, -0.15) is 5.26 Å². The van der Waals surface area contributed by atoms with Gasteiger partial charge in [0.15, 0.2) is 0 Å². The Kier molecular flexibility index (Phi) is 7.45. The molecule has 0 saturated carbocycles. The van der Waals surface area contributed by atoms with Crippen molar-refractivity contribution < 1.29 is 0 Å². The summed E-state index contributed by atoms with van der Waals surface area (Å²) in [6.45, 7) is 5.42. The summed E-state index contributed by atoms with van der Waals surface area (Å²) in [7, 11) is 3.98. The monoisotopic (exact) mass is 197 g/mol. The van der Waals surface area contributed by atoms with Gasteiger partial charge in [0, 0.05) is 12.6 Å². The second-order valence-corrected chi connectivity index (χ2v) is 3.71. The molecule has 0 aliphatic carbocycles. The van der Waals surface area contributed by atoms with Crippen molar-refractivity contribution in [2.24, 2.45) is 0 Å². The van der Waals surface area contributed by atoms with Crippen LogP contribution in [0.25, 0.3) is 0 Å². The first-order valence-corrected chi connectivity index (χ1v) is 5.46. The molecule has 0 amide bonds. The number of hydrogen-bond donors (Lipinski definition) is 1. The zero-order chi connectivity index (χ0) is 11.0. The van der Waals surface area contributed by atoms with E-state index in [2.05, 4.69) is 37.2 Å². The summed E-state index contributed by atoms with van der Waals surface area (Å²) in [4.78, 5) is 2.35. The highest BCUT2D eigenvalue weighted by molar-refractivity contribution is 4.89. The first kappa shape index (κ1) is 13.4. The molecule has 0 aromatic heterocycles. The standard InChI is InChI=1S/C11H23N3/c1-5-11(6-2)14(4)8-7-10(9-12)13-3/h10-11,13H,5-8H2,1-4H3. The number of rotatable bonds is 7. The summed E-state index contributed by atoms with van der Waals surface area (Å²) in [6.07, 6.45) is 3.27. The van der Waals surface area contributed by atoms with Crippen LogP contribution in [0.15, 0.2) is 0 Å². The summed E-state index contributed by atoms with van der Waals surface area (Å²) in [6, 6.07) is 2.90.